The van der Waals surface area contributed by atoms with Gasteiger partial charge in [-0.05, 0) is 18.8 Å². The number of hydrogen-bond acceptors (Lipinski definition) is 5. The van der Waals surface area contributed by atoms with Crippen molar-refractivity contribution in [2.45, 2.75) is 19.8 Å². The van der Waals surface area contributed by atoms with Crippen molar-refractivity contribution < 1.29 is 27.7 Å². The molecule has 20 heavy (non-hydrogen) atoms. The van der Waals surface area contributed by atoms with Crippen LogP contribution in [0, 0.1) is 5.92 Å². The zero-order chi connectivity index (χ0) is 15.2. The van der Waals surface area contributed by atoms with E-state index in [1.165, 1.54) is 6.92 Å². The molecule has 1 fully saturated rings. The first-order valence-corrected chi connectivity index (χ1v) is 7.64. The van der Waals surface area contributed by atoms with Crippen LogP contribution in [0.2, 0.25) is 0 Å². The van der Waals surface area contributed by atoms with E-state index < -0.39 is 37.9 Å². The molecule has 0 spiro atoms. The summed E-state index contributed by atoms with van der Waals surface area (Å²) in [6.45, 7) is 4.71. The first-order chi connectivity index (χ1) is 9.16. The van der Waals surface area contributed by atoms with E-state index in [4.69, 9.17) is 5.73 Å². The van der Waals surface area contributed by atoms with Crippen LogP contribution in [-0.2, 0) is 19.4 Å². The predicted octanol–water partition coefficient (Wildman–Crippen LogP) is -0.407. The Bertz CT molecular complexity index is 695. The van der Waals surface area contributed by atoms with E-state index in [0.717, 1.165) is 17.4 Å². The van der Waals surface area contributed by atoms with Gasteiger partial charge < -0.3 is 10.8 Å². The van der Waals surface area contributed by atoms with Crippen molar-refractivity contribution >= 4 is 28.4 Å². The molecule has 2 rings (SSSR count). The van der Waals surface area contributed by atoms with Gasteiger partial charge in [-0.3, -0.25) is 0 Å². The number of carbonyl (C=O) groups is 2. The van der Waals surface area contributed by atoms with Gasteiger partial charge in [0, 0.05) is 6.92 Å². The van der Waals surface area contributed by atoms with Crippen LogP contribution < -0.4 is 5.73 Å². The minimum atomic E-state index is -3.91. The van der Waals surface area contributed by atoms with Crippen molar-refractivity contribution in [1.82, 2.24) is 0 Å². The van der Waals surface area contributed by atoms with Crippen LogP contribution in [0.15, 0.2) is 21.9 Å². The fourth-order valence-electron chi connectivity index (χ4n) is 2.08. The Morgan fingerprint density at radius 1 is 1.50 bits per heavy atom. The lowest BCUT2D eigenvalue weighted by Crippen LogP contribution is -2.35. The van der Waals surface area contributed by atoms with Crippen LogP contribution in [0.25, 0.3) is 0 Å². The predicted molar refractivity (Wildman–Crippen MR) is 70.4 cm³/mol. The first-order valence-electron chi connectivity index (χ1n) is 5.98. The molecule has 8 heteroatoms. The van der Waals surface area contributed by atoms with Crippen LogP contribution in [0.5, 0.6) is 0 Å². The van der Waals surface area contributed by atoms with Crippen molar-refractivity contribution in [3.63, 3.8) is 0 Å². The summed E-state index contributed by atoms with van der Waals surface area (Å²) in [4.78, 5) is 22.6. The van der Waals surface area contributed by atoms with E-state index in [1.807, 2.05) is 0 Å². The summed E-state index contributed by atoms with van der Waals surface area (Å²) in [5, 5.41) is 9.24. The number of aliphatic carboxylic acids is 1. The molecule has 0 bridgehead atoms. The quantitative estimate of drug-likeness (QED) is 0.682. The van der Waals surface area contributed by atoms with Crippen LogP contribution >= 0.6 is 0 Å². The fraction of sp³-hybridized carbons (Fsp3) is 0.417. The highest BCUT2D eigenvalue weighted by atomic mass is 32.2. The lowest BCUT2D eigenvalue weighted by molar-refractivity contribution is -0.389. The van der Waals surface area contributed by atoms with Crippen molar-refractivity contribution in [2.75, 3.05) is 5.75 Å². The third-order valence-electron chi connectivity index (χ3n) is 3.39. The summed E-state index contributed by atoms with van der Waals surface area (Å²) in [5.41, 5.74) is 4.47. The largest absolute Gasteiger partial charge is 0.477 e. The zero-order valence-electron chi connectivity index (χ0n) is 10.9. The lowest BCUT2D eigenvalue weighted by atomic mass is 10.1. The maximum absolute atomic E-state index is 12.3. The molecule has 0 aromatic rings. The minimum absolute atomic E-state index is 0.0172. The summed E-state index contributed by atoms with van der Waals surface area (Å²) >= 11 is 0. The van der Waals surface area contributed by atoms with Gasteiger partial charge in [-0.15, -0.1) is 4.58 Å². The van der Waals surface area contributed by atoms with Gasteiger partial charge in [-0.2, -0.15) is 0 Å². The molecule has 7 nitrogen and oxygen atoms in total. The zero-order valence-corrected chi connectivity index (χ0v) is 11.7. The van der Waals surface area contributed by atoms with Gasteiger partial charge in [0.1, 0.15) is 17.2 Å². The number of allylic oxidation sites excluding steroid dienone is 1. The Balaban J connectivity index is 2.65. The summed E-state index contributed by atoms with van der Waals surface area (Å²) in [6.07, 6.45) is 1.57. The molecule has 0 aromatic heterocycles. The Morgan fingerprint density at radius 2 is 2.05 bits per heavy atom. The molecule has 0 atom stereocenters. The van der Waals surface area contributed by atoms with E-state index in [1.54, 1.807) is 0 Å². The topological polar surface area (TPSA) is 118 Å². The fourth-order valence-corrected chi connectivity index (χ4v) is 4.17. The van der Waals surface area contributed by atoms with Crippen LogP contribution in [-0.4, -0.2) is 42.4 Å². The molecular formula is C12H15N2O5S+. The minimum Gasteiger partial charge on any atom is -0.477 e. The van der Waals surface area contributed by atoms with Gasteiger partial charge in [0.2, 0.25) is 5.70 Å². The lowest BCUT2D eigenvalue weighted by Gasteiger charge is -2.16. The second-order valence-electron chi connectivity index (χ2n) is 4.97. The maximum Gasteiger partial charge on any atom is 0.441 e. The summed E-state index contributed by atoms with van der Waals surface area (Å²) in [7, 11) is -3.91. The maximum atomic E-state index is 12.3. The number of carboxylic acid groups (broad SMARTS) is 1. The van der Waals surface area contributed by atoms with E-state index in [2.05, 4.69) is 6.72 Å². The highest BCUT2D eigenvalue weighted by Crippen LogP contribution is 2.35. The Labute approximate surface area is 116 Å². The number of hydrogen-bond donors (Lipinski definition) is 2. The van der Waals surface area contributed by atoms with Gasteiger partial charge in [0.25, 0.3) is 0 Å². The standard InChI is InChI=1S/C12H14N2O5S/c1-6-8(12(16)17)10(9(13)11(15)14(6)2)20(18,19)5-7-3-4-7/h7H,2-5,13H2,1H3/p+1. The highest BCUT2D eigenvalue weighted by Gasteiger charge is 2.44. The summed E-state index contributed by atoms with van der Waals surface area (Å²) in [5.74, 6) is -2.41. The van der Waals surface area contributed by atoms with Gasteiger partial charge in [-0.1, -0.05) is 0 Å². The third kappa shape index (κ3) is 2.26. The van der Waals surface area contributed by atoms with E-state index in [0.29, 0.717) is 0 Å². The Morgan fingerprint density at radius 3 is 2.50 bits per heavy atom. The van der Waals surface area contributed by atoms with Crippen LogP contribution in [0.4, 0.5) is 0 Å². The molecule has 2 aliphatic rings. The molecular weight excluding hydrogens is 284 g/mol. The number of nitrogens with zero attached hydrogens (tertiary/aromatic N) is 1. The average Bonchev–Trinajstić information content (AvgIpc) is 3.13. The number of carbonyl (C=O) groups excluding carboxylic acids is 1. The molecule has 3 N–H and O–H groups in total. The first kappa shape index (κ1) is 14.4. The van der Waals surface area contributed by atoms with E-state index >= 15 is 0 Å². The van der Waals surface area contributed by atoms with Gasteiger partial charge in [0.15, 0.2) is 15.5 Å². The molecule has 1 heterocycles. The van der Waals surface area contributed by atoms with E-state index in [9.17, 15) is 23.1 Å². The van der Waals surface area contributed by atoms with Gasteiger partial charge in [-0.25, -0.2) is 18.0 Å². The molecule has 1 amide bonds. The molecule has 1 aliphatic carbocycles. The smallest absolute Gasteiger partial charge is 0.441 e. The molecule has 0 radical (unpaired) electrons. The number of carboxylic acids is 1. The van der Waals surface area contributed by atoms with Crippen LogP contribution in [0.3, 0.4) is 0 Å². The third-order valence-corrected chi connectivity index (χ3v) is 5.35. The monoisotopic (exact) mass is 299 g/mol. The number of rotatable bonds is 4. The molecule has 1 saturated carbocycles. The Hall–Kier alpha value is -1.96. The molecule has 0 aromatic carbocycles. The van der Waals surface area contributed by atoms with Gasteiger partial charge in [0.05, 0.1) is 5.75 Å². The SMILES string of the molecule is C=[N+]1C(=O)C(N)=C(S(=O)(=O)CC2CC2)C(C(=O)O)=C1C. The summed E-state index contributed by atoms with van der Waals surface area (Å²) < 4.78 is 25.5. The number of sulfone groups is 1. The summed E-state index contributed by atoms with van der Waals surface area (Å²) in [6, 6.07) is 0. The highest BCUT2D eigenvalue weighted by molar-refractivity contribution is 7.95. The van der Waals surface area contributed by atoms with Crippen molar-refractivity contribution in [3.05, 3.63) is 21.9 Å². The van der Waals surface area contributed by atoms with Crippen molar-refractivity contribution in [3.8, 4) is 0 Å². The van der Waals surface area contributed by atoms with Crippen LogP contribution in [0.1, 0.15) is 19.8 Å². The Kier molecular flexibility index (Phi) is 3.29. The molecule has 1 aliphatic heterocycles. The van der Waals surface area contributed by atoms with Crippen molar-refractivity contribution in [1.29, 1.82) is 0 Å². The number of amides is 1. The molecule has 0 unspecified atom stereocenters. The normalized spacial score (nSPS) is 20.6. The average molecular weight is 299 g/mol. The van der Waals surface area contributed by atoms with Gasteiger partial charge >= 0.3 is 11.9 Å². The molecule has 108 valence electrons. The second-order valence-corrected chi connectivity index (χ2v) is 6.94. The molecule has 0 saturated heterocycles. The number of nitrogens with two attached hydrogens (primary N) is 1. The van der Waals surface area contributed by atoms with E-state index in [-0.39, 0.29) is 17.4 Å². The second kappa shape index (κ2) is 4.55. The van der Waals surface area contributed by atoms with Crippen molar-refractivity contribution in [2.24, 2.45) is 11.7 Å².